The van der Waals surface area contributed by atoms with Crippen LogP contribution in [-0.4, -0.2) is 29.7 Å². The van der Waals surface area contributed by atoms with Crippen molar-refractivity contribution in [2.45, 2.75) is 20.3 Å². The predicted molar refractivity (Wildman–Crippen MR) is 84.1 cm³/mol. The fraction of sp³-hybridized carbons (Fsp3) is 0.294. The van der Waals surface area contributed by atoms with Gasteiger partial charge in [0, 0.05) is 19.3 Å². The Hall–Kier alpha value is -2.36. The summed E-state index contributed by atoms with van der Waals surface area (Å²) in [6, 6.07) is 12.0. The van der Waals surface area contributed by atoms with E-state index in [-0.39, 0.29) is 5.56 Å². The molecule has 21 heavy (non-hydrogen) atoms. The number of benzene rings is 1. The van der Waals surface area contributed by atoms with Crippen LogP contribution in [0.3, 0.4) is 0 Å². The van der Waals surface area contributed by atoms with Crippen molar-refractivity contribution in [2.24, 2.45) is 0 Å². The molecule has 0 aliphatic rings. The molecule has 0 aliphatic carbocycles. The van der Waals surface area contributed by atoms with E-state index in [0.717, 1.165) is 24.3 Å². The van der Waals surface area contributed by atoms with Crippen LogP contribution in [0.2, 0.25) is 0 Å². The summed E-state index contributed by atoms with van der Waals surface area (Å²) in [4.78, 5) is 17.7. The summed E-state index contributed by atoms with van der Waals surface area (Å²) in [6.07, 6.45) is 0.872. The van der Waals surface area contributed by atoms with Crippen LogP contribution in [0.5, 0.6) is 0 Å². The molecule has 0 saturated heterocycles. The molecule has 2 rings (SSSR count). The lowest BCUT2D eigenvalue weighted by Gasteiger charge is -2.22. The van der Waals surface area contributed by atoms with E-state index in [0.29, 0.717) is 5.69 Å². The Bertz CT molecular complexity index is 639. The van der Waals surface area contributed by atoms with Crippen molar-refractivity contribution in [3.8, 4) is 0 Å². The van der Waals surface area contributed by atoms with E-state index in [1.54, 1.807) is 6.92 Å². The SMILES string of the molecule is Cc1cc(N(C)CCc2ccccc2)c(C(=O)O)c(C)n1. The molecular weight excluding hydrogens is 264 g/mol. The summed E-state index contributed by atoms with van der Waals surface area (Å²) < 4.78 is 0. The van der Waals surface area contributed by atoms with Crippen molar-refractivity contribution in [1.82, 2.24) is 4.98 Å². The van der Waals surface area contributed by atoms with Crippen molar-refractivity contribution >= 4 is 11.7 Å². The van der Waals surface area contributed by atoms with Crippen LogP contribution in [0, 0.1) is 13.8 Å². The average Bonchev–Trinajstić information content (AvgIpc) is 2.44. The van der Waals surface area contributed by atoms with Crippen LogP contribution in [-0.2, 0) is 6.42 Å². The zero-order valence-corrected chi connectivity index (χ0v) is 12.6. The smallest absolute Gasteiger partial charge is 0.339 e. The molecule has 0 amide bonds. The molecule has 0 saturated carbocycles. The number of anilines is 1. The van der Waals surface area contributed by atoms with Gasteiger partial charge in [-0.2, -0.15) is 0 Å². The van der Waals surface area contributed by atoms with Crippen molar-refractivity contribution in [1.29, 1.82) is 0 Å². The van der Waals surface area contributed by atoms with Gasteiger partial charge in [0.1, 0.15) is 5.56 Å². The number of aryl methyl sites for hydroxylation is 2. The highest BCUT2D eigenvalue weighted by Gasteiger charge is 2.18. The molecule has 0 fully saturated rings. The number of carbonyl (C=O) groups is 1. The number of carboxylic acids is 1. The van der Waals surface area contributed by atoms with Gasteiger partial charge in [-0.05, 0) is 31.9 Å². The first-order valence-electron chi connectivity index (χ1n) is 6.95. The van der Waals surface area contributed by atoms with E-state index < -0.39 is 5.97 Å². The highest BCUT2D eigenvalue weighted by Crippen LogP contribution is 2.23. The highest BCUT2D eigenvalue weighted by molar-refractivity contribution is 5.95. The molecule has 1 aromatic carbocycles. The molecule has 0 radical (unpaired) electrons. The summed E-state index contributed by atoms with van der Waals surface area (Å²) in [5, 5.41) is 9.40. The Kier molecular flexibility index (Phi) is 4.58. The maximum atomic E-state index is 11.5. The average molecular weight is 284 g/mol. The van der Waals surface area contributed by atoms with Crippen molar-refractivity contribution in [3.05, 3.63) is 58.9 Å². The Balaban J connectivity index is 2.22. The number of likely N-dealkylation sites (N-methyl/N-ethyl adjacent to an activating group) is 1. The lowest BCUT2D eigenvalue weighted by molar-refractivity contribution is 0.0696. The Morgan fingerprint density at radius 3 is 2.52 bits per heavy atom. The third-order valence-corrected chi connectivity index (χ3v) is 3.51. The van der Waals surface area contributed by atoms with E-state index in [2.05, 4.69) is 17.1 Å². The number of hydrogen-bond acceptors (Lipinski definition) is 3. The number of rotatable bonds is 5. The number of aromatic carboxylic acids is 1. The largest absolute Gasteiger partial charge is 0.478 e. The van der Waals surface area contributed by atoms with Gasteiger partial charge in [-0.1, -0.05) is 30.3 Å². The molecule has 4 heteroatoms. The molecule has 0 aliphatic heterocycles. The van der Waals surface area contributed by atoms with Crippen molar-refractivity contribution < 1.29 is 9.90 Å². The van der Waals surface area contributed by atoms with Crippen LogP contribution in [0.4, 0.5) is 5.69 Å². The van der Waals surface area contributed by atoms with Gasteiger partial charge in [0.15, 0.2) is 0 Å². The first-order valence-corrected chi connectivity index (χ1v) is 6.95. The quantitative estimate of drug-likeness (QED) is 0.916. The molecule has 1 aromatic heterocycles. The van der Waals surface area contributed by atoms with E-state index in [1.165, 1.54) is 5.56 Å². The standard InChI is InChI=1S/C17H20N2O2/c1-12-11-15(16(17(20)21)13(2)18-12)19(3)10-9-14-7-5-4-6-8-14/h4-8,11H,9-10H2,1-3H3,(H,20,21). The van der Waals surface area contributed by atoms with E-state index in [4.69, 9.17) is 0 Å². The van der Waals surface area contributed by atoms with Gasteiger partial charge in [-0.15, -0.1) is 0 Å². The zero-order chi connectivity index (χ0) is 15.4. The number of pyridine rings is 1. The van der Waals surface area contributed by atoms with Gasteiger partial charge in [0.25, 0.3) is 0 Å². The summed E-state index contributed by atoms with van der Waals surface area (Å²) >= 11 is 0. The predicted octanol–water partition coefficient (Wildman–Crippen LogP) is 3.08. The topological polar surface area (TPSA) is 53.4 Å². The van der Waals surface area contributed by atoms with Crippen LogP contribution < -0.4 is 4.90 Å². The Labute approximate surface area is 125 Å². The van der Waals surface area contributed by atoms with Gasteiger partial charge in [0.2, 0.25) is 0 Å². The monoisotopic (exact) mass is 284 g/mol. The van der Waals surface area contributed by atoms with E-state index >= 15 is 0 Å². The van der Waals surface area contributed by atoms with Gasteiger partial charge >= 0.3 is 5.97 Å². The molecule has 1 N–H and O–H groups in total. The maximum absolute atomic E-state index is 11.5. The number of carboxylic acid groups (broad SMARTS) is 1. The second-order valence-electron chi connectivity index (χ2n) is 5.21. The lowest BCUT2D eigenvalue weighted by Crippen LogP contribution is -2.24. The second-order valence-corrected chi connectivity index (χ2v) is 5.21. The summed E-state index contributed by atoms with van der Waals surface area (Å²) in [7, 11) is 1.92. The first kappa shape index (κ1) is 15.0. The molecule has 0 atom stereocenters. The molecule has 110 valence electrons. The molecule has 0 unspecified atom stereocenters. The lowest BCUT2D eigenvalue weighted by atomic mass is 10.1. The number of aromatic nitrogens is 1. The summed E-state index contributed by atoms with van der Waals surface area (Å²) in [5.41, 5.74) is 3.64. The Morgan fingerprint density at radius 1 is 1.24 bits per heavy atom. The molecule has 0 bridgehead atoms. The van der Waals surface area contributed by atoms with Crippen LogP contribution in [0.1, 0.15) is 27.3 Å². The van der Waals surface area contributed by atoms with E-state index in [1.807, 2.05) is 43.1 Å². The van der Waals surface area contributed by atoms with E-state index in [9.17, 15) is 9.90 Å². The molecule has 1 heterocycles. The van der Waals surface area contributed by atoms with Crippen LogP contribution in [0.25, 0.3) is 0 Å². The first-order chi connectivity index (χ1) is 9.99. The van der Waals surface area contributed by atoms with Gasteiger partial charge in [-0.3, -0.25) is 4.98 Å². The van der Waals surface area contributed by atoms with Gasteiger partial charge in [0.05, 0.1) is 11.4 Å². The third-order valence-electron chi connectivity index (χ3n) is 3.51. The molecule has 0 spiro atoms. The van der Waals surface area contributed by atoms with Crippen LogP contribution >= 0.6 is 0 Å². The summed E-state index contributed by atoms with van der Waals surface area (Å²) in [5.74, 6) is -0.929. The highest BCUT2D eigenvalue weighted by atomic mass is 16.4. The minimum Gasteiger partial charge on any atom is -0.478 e. The normalized spacial score (nSPS) is 10.4. The van der Waals surface area contributed by atoms with Crippen LogP contribution in [0.15, 0.2) is 36.4 Å². The van der Waals surface area contributed by atoms with Crippen molar-refractivity contribution in [3.63, 3.8) is 0 Å². The fourth-order valence-electron chi connectivity index (χ4n) is 2.44. The Morgan fingerprint density at radius 2 is 1.90 bits per heavy atom. The maximum Gasteiger partial charge on any atom is 0.339 e. The number of nitrogens with zero attached hydrogens (tertiary/aromatic N) is 2. The number of hydrogen-bond donors (Lipinski definition) is 1. The van der Waals surface area contributed by atoms with Gasteiger partial charge < -0.3 is 10.0 Å². The zero-order valence-electron chi connectivity index (χ0n) is 12.6. The fourth-order valence-corrected chi connectivity index (χ4v) is 2.44. The minimum atomic E-state index is -0.929. The second kappa shape index (κ2) is 6.39. The molecular formula is C17H20N2O2. The van der Waals surface area contributed by atoms with Gasteiger partial charge in [-0.25, -0.2) is 4.79 Å². The molecule has 2 aromatic rings. The van der Waals surface area contributed by atoms with Crippen molar-refractivity contribution in [2.75, 3.05) is 18.5 Å². The minimum absolute atomic E-state index is 0.288. The third kappa shape index (κ3) is 3.60. The summed E-state index contributed by atoms with van der Waals surface area (Å²) in [6.45, 7) is 4.38. The molecule has 4 nitrogen and oxygen atoms in total.